The molecule has 2 aromatic carbocycles. The van der Waals surface area contributed by atoms with Gasteiger partial charge in [-0.15, -0.1) is 0 Å². The summed E-state index contributed by atoms with van der Waals surface area (Å²) in [4.78, 5) is 22.4. The maximum atomic E-state index is 13.3. The Morgan fingerprint density at radius 1 is 1.14 bits per heavy atom. The van der Waals surface area contributed by atoms with E-state index in [0.717, 1.165) is 12.0 Å². The smallest absolute Gasteiger partial charge is 0.257 e. The number of halogens is 1. The van der Waals surface area contributed by atoms with Crippen LogP contribution >= 0.6 is 0 Å². The monoisotopic (exact) mass is 391 g/mol. The van der Waals surface area contributed by atoms with Crippen molar-refractivity contribution in [1.82, 2.24) is 19.9 Å². The molecule has 4 rings (SSSR count). The zero-order chi connectivity index (χ0) is 20.5. The fraction of sp³-hybridized carbons (Fsp3) is 0.227. The van der Waals surface area contributed by atoms with Crippen molar-refractivity contribution in [2.75, 3.05) is 5.73 Å². The van der Waals surface area contributed by atoms with Crippen molar-refractivity contribution in [1.29, 1.82) is 0 Å². The lowest BCUT2D eigenvalue weighted by Gasteiger charge is -2.11. The Kier molecular flexibility index (Phi) is 4.88. The fourth-order valence-corrected chi connectivity index (χ4v) is 3.27. The van der Waals surface area contributed by atoms with Gasteiger partial charge in [-0.2, -0.15) is 0 Å². The van der Waals surface area contributed by atoms with Gasteiger partial charge in [-0.05, 0) is 43.2 Å². The van der Waals surface area contributed by atoms with Gasteiger partial charge in [0, 0.05) is 6.04 Å². The largest absolute Gasteiger partial charge is 0.384 e. The number of carbonyl (C=O) groups is 1. The first kappa shape index (κ1) is 18.9. The van der Waals surface area contributed by atoms with Crippen LogP contribution in [0.2, 0.25) is 0 Å². The van der Waals surface area contributed by atoms with E-state index in [2.05, 4.69) is 10.3 Å². The van der Waals surface area contributed by atoms with Gasteiger partial charge in [-0.25, -0.2) is 14.4 Å². The molecule has 4 aromatic rings. The van der Waals surface area contributed by atoms with Crippen molar-refractivity contribution in [3.63, 3.8) is 0 Å². The number of benzene rings is 2. The van der Waals surface area contributed by atoms with Crippen molar-refractivity contribution >= 4 is 33.9 Å². The van der Waals surface area contributed by atoms with Crippen LogP contribution in [0.4, 0.5) is 10.2 Å². The summed E-state index contributed by atoms with van der Waals surface area (Å²) >= 11 is 0. The van der Waals surface area contributed by atoms with Gasteiger partial charge in [-0.3, -0.25) is 4.79 Å². The number of nitrogens with one attached hydrogen (secondary N) is 1. The summed E-state index contributed by atoms with van der Waals surface area (Å²) in [5.74, 6) is -0.289. The van der Waals surface area contributed by atoms with E-state index in [1.54, 1.807) is 16.7 Å². The lowest BCUT2D eigenvalue weighted by molar-refractivity contribution is 0.0941. The van der Waals surface area contributed by atoms with Crippen LogP contribution < -0.4 is 11.1 Å². The molecule has 0 spiro atoms. The number of fused-ring (bicyclic) bond motifs is 2. The van der Waals surface area contributed by atoms with Gasteiger partial charge < -0.3 is 15.6 Å². The van der Waals surface area contributed by atoms with E-state index in [9.17, 15) is 9.18 Å². The van der Waals surface area contributed by atoms with Crippen LogP contribution in [0.3, 0.4) is 0 Å². The summed E-state index contributed by atoms with van der Waals surface area (Å²) in [6.07, 6.45) is 0.800. The molecule has 148 valence electrons. The molecule has 0 aliphatic heterocycles. The van der Waals surface area contributed by atoms with E-state index in [4.69, 9.17) is 10.7 Å². The number of hydrogen-bond acceptors (Lipinski definition) is 4. The van der Waals surface area contributed by atoms with Crippen LogP contribution in [0.15, 0.2) is 48.5 Å². The molecular weight excluding hydrogens is 369 g/mol. The molecule has 0 bridgehead atoms. The van der Waals surface area contributed by atoms with Crippen molar-refractivity contribution in [3.8, 4) is 0 Å². The third-order valence-electron chi connectivity index (χ3n) is 5.06. The molecule has 6 nitrogen and oxygen atoms in total. The summed E-state index contributed by atoms with van der Waals surface area (Å²) in [6, 6.07) is 13.7. The fourth-order valence-electron chi connectivity index (χ4n) is 3.27. The number of nitrogens with two attached hydrogens (primary N) is 1. The van der Waals surface area contributed by atoms with Gasteiger partial charge in [0.15, 0.2) is 5.65 Å². The van der Waals surface area contributed by atoms with E-state index in [0.29, 0.717) is 40.1 Å². The minimum Gasteiger partial charge on any atom is -0.384 e. The molecule has 0 aliphatic carbocycles. The molecule has 1 amide bonds. The number of para-hydroxylation sites is 2. The predicted octanol–water partition coefficient (Wildman–Crippen LogP) is 3.88. The van der Waals surface area contributed by atoms with Gasteiger partial charge in [0.2, 0.25) is 0 Å². The van der Waals surface area contributed by atoms with E-state index >= 15 is 0 Å². The highest BCUT2D eigenvalue weighted by Crippen LogP contribution is 2.29. The Bertz CT molecular complexity index is 1200. The average molecular weight is 391 g/mol. The third-order valence-corrected chi connectivity index (χ3v) is 5.06. The molecule has 2 heterocycles. The summed E-state index contributed by atoms with van der Waals surface area (Å²) in [5.41, 5.74) is 9.98. The standard InChI is InChI=1S/C22H22FN5O/c1-3-13(2)25-22(29)18-19-21(27-17-7-5-4-6-16(17)26-19)28(20(18)24)12-14-8-10-15(23)11-9-14/h4-11,13H,3,12,24H2,1-2H3,(H,25,29). The van der Waals surface area contributed by atoms with E-state index < -0.39 is 0 Å². The highest BCUT2D eigenvalue weighted by molar-refractivity contribution is 6.10. The lowest BCUT2D eigenvalue weighted by atomic mass is 10.2. The SMILES string of the molecule is CCC(C)NC(=O)c1c(N)n(Cc2ccc(F)cc2)c2nc3ccccc3nc12. The van der Waals surface area contributed by atoms with Crippen molar-refractivity contribution in [2.45, 2.75) is 32.9 Å². The molecule has 0 radical (unpaired) electrons. The second-order valence-corrected chi connectivity index (χ2v) is 7.14. The molecule has 29 heavy (non-hydrogen) atoms. The van der Waals surface area contributed by atoms with Crippen molar-refractivity contribution in [2.24, 2.45) is 0 Å². The Hall–Kier alpha value is -3.48. The topological polar surface area (TPSA) is 85.8 Å². The van der Waals surface area contributed by atoms with E-state index in [1.165, 1.54) is 12.1 Å². The van der Waals surface area contributed by atoms with Gasteiger partial charge in [0.25, 0.3) is 5.91 Å². The highest BCUT2D eigenvalue weighted by Gasteiger charge is 2.24. The van der Waals surface area contributed by atoms with Crippen LogP contribution in [0.1, 0.15) is 36.2 Å². The summed E-state index contributed by atoms with van der Waals surface area (Å²) in [6.45, 7) is 4.29. The van der Waals surface area contributed by atoms with Gasteiger partial charge in [0.1, 0.15) is 22.7 Å². The van der Waals surface area contributed by atoms with E-state index in [1.807, 2.05) is 38.1 Å². The van der Waals surface area contributed by atoms with Gasteiger partial charge in [0.05, 0.1) is 17.6 Å². The molecule has 1 unspecified atom stereocenters. The number of amides is 1. The number of rotatable bonds is 5. The Morgan fingerprint density at radius 3 is 2.45 bits per heavy atom. The molecule has 0 fully saturated rings. The predicted molar refractivity (Wildman–Crippen MR) is 112 cm³/mol. The lowest BCUT2D eigenvalue weighted by Crippen LogP contribution is -2.32. The summed E-state index contributed by atoms with van der Waals surface area (Å²) in [5, 5.41) is 2.96. The zero-order valence-electron chi connectivity index (χ0n) is 16.3. The molecule has 2 aromatic heterocycles. The first-order valence-corrected chi connectivity index (χ1v) is 9.57. The maximum Gasteiger partial charge on any atom is 0.257 e. The molecular formula is C22H22FN5O. The Morgan fingerprint density at radius 2 is 1.79 bits per heavy atom. The first-order valence-electron chi connectivity index (χ1n) is 9.57. The van der Waals surface area contributed by atoms with Crippen LogP contribution in [0.25, 0.3) is 22.2 Å². The van der Waals surface area contributed by atoms with Crippen LogP contribution in [0.5, 0.6) is 0 Å². The second kappa shape index (κ2) is 7.50. The van der Waals surface area contributed by atoms with Crippen LogP contribution in [-0.2, 0) is 6.54 Å². The molecule has 7 heteroatoms. The molecule has 3 N–H and O–H groups in total. The average Bonchev–Trinajstić information content (AvgIpc) is 2.98. The Labute approximate surface area is 167 Å². The third kappa shape index (κ3) is 3.51. The quantitative estimate of drug-likeness (QED) is 0.541. The molecule has 0 saturated heterocycles. The van der Waals surface area contributed by atoms with Crippen molar-refractivity contribution < 1.29 is 9.18 Å². The van der Waals surface area contributed by atoms with Gasteiger partial charge >= 0.3 is 0 Å². The number of carbonyl (C=O) groups excluding carboxylic acids is 1. The molecule has 0 saturated carbocycles. The molecule has 0 aliphatic rings. The van der Waals surface area contributed by atoms with Crippen LogP contribution in [0, 0.1) is 5.82 Å². The Balaban J connectivity index is 1.91. The number of nitrogen functional groups attached to an aromatic ring is 1. The second-order valence-electron chi connectivity index (χ2n) is 7.14. The number of hydrogen-bond donors (Lipinski definition) is 2. The minimum absolute atomic E-state index is 0.00538. The number of aromatic nitrogens is 3. The first-order chi connectivity index (χ1) is 14.0. The minimum atomic E-state index is -0.307. The van der Waals surface area contributed by atoms with Crippen LogP contribution in [-0.4, -0.2) is 26.5 Å². The number of anilines is 1. The highest BCUT2D eigenvalue weighted by atomic mass is 19.1. The zero-order valence-corrected chi connectivity index (χ0v) is 16.3. The maximum absolute atomic E-state index is 13.3. The van der Waals surface area contributed by atoms with Gasteiger partial charge in [-0.1, -0.05) is 31.2 Å². The molecule has 1 atom stereocenters. The summed E-state index contributed by atoms with van der Waals surface area (Å²) < 4.78 is 15.0. The summed E-state index contributed by atoms with van der Waals surface area (Å²) in [7, 11) is 0. The normalized spacial score (nSPS) is 12.4. The number of nitrogens with zero attached hydrogens (tertiary/aromatic N) is 3. The van der Waals surface area contributed by atoms with Crippen molar-refractivity contribution in [3.05, 3.63) is 65.5 Å². The van der Waals surface area contributed by atoms with E-state index in [-0.39, 0.29) is 17.8 Å².